The van der Waals surface area contributed by atoms with Crippen LogP contribution < -0.4 is 10.1 Å². The third-order valence-electron chi connectivity index (χ3n) is 4.82. The highest BCUT2D eigenvalue weighted by molar-refractivity contribution is 5.77. The van der Waals surface area contributed by atoms with Crippen LogP contribution >= 0.6 is 0 Å². The van der Waals surface area contributed by atoms with Crippen molar-refractivity contribution < 1.29 is 14.3 Å². The highest BCUT2D eigenvalue weighted by Gasteiger charge is 2.40. The van der Waals surface area contributed by atoms with E-state index in [1.54, 1.807) is 19.6 Å². The molecule has 0 radical (unpaired) electrons. The molecular weight excluding hydrogens is 354 g/mol. The summed E-state index contributed by atoms with van der Waals surface area (Å²) in [5, 5.41) is 3.36. The number of anilines is 2. The number of hydrogen-bond acceptors (Lipinski definition) is 5. The lowest BCUT2D eigenvalue weighted by Gasteiger charge is -2.33. The van der Waals surface area contributed by atoms with Crippen molar-refractivity contribution in [1.29, 1.82) is 0 Å². The maximum Gasteiger partial charge on any atom is 0.313 e. The zero-order valence-corrected chi connectivity index (χ0v) is 16.5. The molecule has 1 unspecified atom stereocenters. The van der Waals surface area contributed by atoms with E-state index in [0.29, 0.717) is 0 Å². The second kappa shape index (κ2) is 8.17. The Hall–Kier alpha value is -3.28. The van der Waals surface area contributed by atoms with Crippen molar-refractivity contribution in [3.8, 4) is 5.75 Å². The second-order valence-electron chi connectivity index (χ2n) is 7.10. The van der Waals surface area contributed by atoms with E-state index in [9.17, 15) is 4.79 Å². The van der Waals surface area contributed by atoms with E-state index in [2.05, 4.69) is 10.3 Å². The Labute approximate surface area is 165 Å². The minimum absolute atomic E-state index is 0.238. The minimum atomic E-state index is -0.764. The molecule has 28 heavy (non-hydrogen) atoms. The molecule has 0 spiro atoms. The lowest BCUT2D eigenvalue weighted by molar-refractivity contribution is -0.152. The number of carbonyl (C=O) groups is 1. The van der Waals surface area contributed by atoms with Gasteiger partial charge in [-0.25, -0.2) is 4.98 Å². The number of imidazole rings is 1. The number of carbonyl (C=O) groups excluding carboxylic acids is 1. The van der Waals surface area contributed by atoms with Gasteiger partial charge in [-0.05, 0) is 55.8 Å². The van der Waals surface area contributed by atoms with Gasteiger partial charge in [0, 0.05) is 23.8 Å². The Balaban J connectivity index is 1.86. The SMILES string of the molecule is COC(=O)C(C)(C)C(c1ccc(Nc2ccc(OC)cc2)cc1)n1ccnc1. The molecule has 1 N–H and O–H groups in total. The van der Waals surface area contributed by atoms with E-state index < -0.39 is 5.41 Å². The third-order valence-corrected chi connectivity index (χ3v) is 4.82. The number of aromatic nitrogens is 2. The van der Waals surface area contributed by atoms with Gasteiger partial charge in [-0.15, -0.1) is 0 Å². The molecule has 3 rings (SSSR count). The van der Waals surface area contributed by atoms with Crippen LogP contribution in [0.4, 0.5) is 11.4 Å². The number of benzene rings is 2. The Morgan fingerprint density at radius 1 is 1.04 bits per heavy atom. The summed E-state index contributed by atoms with van der Waals surface area (Å²) >= 11 is 0. The number of nitrogens with zero attached hydrogens (tertiary/aromatic N) is 2. The first-order chi connectivity index (χ1) is 13.5. The van der Waals surface area contributed by atoms with Gasteiger partial charge in [0.15, 0.2) is 0 Å². The molecule has 0 aliphatic carbocycles. The monoisotopic (exact) mass is 379 g/mol. The molecule has 1 atom stereocenters. The highest BCUT2D eigenvalue weighted by Crippen LogP contribution is 2.38. The fraction of sp³-hybridized carbons (Fsp3) is 0.273. The number of ether oxygens (including phenoxy) is 2. The molecule has 3 aromatic rings. The summed E-state index contributed by atoms with van der Waals surface area (Å²) in [7, 11) is 3.06. The molecule has 6 nitrogen and oxygen atoms in total. The first kappa shape index (κ1) is 19.5. The first-order valence-electron chi connectivity index (χ1n) is 9.02. The Bertz CT molecular complexity index is 901. The maximum atomic E-state index is 12.4. The van der Waals surface area contributed by atoms with Crippen LogP contribution in [0.5, 0.6) is 5.75 Å². The van der Waals surface area contributed by atoms with Crippen LogP contribution in [0.3, 0.4) is 0 Å². The number of esters is 1. The van der Waals surface area contributed by atoms with Gasteiger partial charge in [0.05, 0.1) is 32.0 Å². The van der Waals surface area contributed by atoms with E-state index >= 15 is 0 Å². The molecule has 0 bridgehead atoms. The summed E-state index contributed by atoms with van der Waals surface area (Å²) in [5.74, 6) is 0.542. The summed E-state index contributed by atoms with van der Waals surface area (Å²) in [6.07, 6.45) is 5.29. The number of nitrogens with one attached hydrogen (secondary N) is 1. The topological polar surface area (TPSA) is 65.4 Å². The number of rotatable bonds is 7. The molecule has 6 heteroatoms. The van der Waals surface area contributed by atoms with Crippen molar-refractivity contribution in [3.63, 3.8) is 0 Å². The van der Waals surface area contributed by atoms with E-state index in [0.717, 1.165) is 22.7 Å². The van der Waals surface area contributed by atoms with Crippen molar-refractivity contribution in [2.45, 2.75) is 19.9 Å². The van der Waals surface area contributed by atoms with Crippen LogP contribution in [-0.2, 0) is 9.53 Å². The smallest absolute Gasteiger partial charge is 0.313 e. The van der Waals surface area contributed by atoms with E-state index in [1.165, 1.54) is 7.11 Å². The van der Waals surface area contributed by atoms with Crippen molar-refractivity contribution in [2.75, 3.05) is 19.5 Å². The van der Waals surface area contributed by atoms with Gasteiger partial charge >= 0.3 is 5.97 Å². The first-order valence-corrected chi connectivity index (χ1v) is 9.02. The average Bonchev–Trinajstić information content (AvgIpc) is 3.23. The van der Waals surface area contributed by atoms with E-state index in [-0.39, 0.29) is 12.0 Å². The molecule has 0 saturated heterocycles. The summed E-state index contributed by atoms with van der Waals surface area (Å²) in [5.41, 5.74) is 2.15. The Kier molecular flexibility index (Phi) is 5.68. The molecule has 0 aliphatic rings. The van der Waals surface area contributed by atoms with Crippen LogP contribution in [0.1, 0.15) is 25.5 Å². The van der Waals surface area contributed by atoms with Gasteiger partial charge in [0.2, 0.25) is 0 Å². The lowest BCUT2D eigenvalue weighted by atomic mass is 9.80. The number of methoxy groups -OCH3 is 2. The van der Waals surface area contributed by atoms with Crippen LogP contribution in [0, 0.1) is 5.41 Å². The van der Waals surface area contributed by atoms with Crippen LogP contribution in [-0.4, -0.2) is 29.7 Å². The molecule has 146 valence electrons. The van der Waals surface area contributed by atoms with Crippen molar-refractivity contribution in [1.82, 2.24) is 9.55 Å². The van der Waals surface area contributed by atoms with Crippen LogP contribution in [0.2, 0.25) is 0 Å². The predicted molar refractivity (Wildman–Crippen MR) is 109 cm³/mol. The second-order valence-corrected chi connectivity index (χ2v) is 7.10. The van der Waals surface area contributed by atoms with Crippen molar-refractivity contribution >= 4 is 17.3 Å². The van der Waals surface area contributed by atoms with Gasteiger partial charge in [-0.2, -0.15) is 0 Å². The fourth-order valence-electron chi connectivity index (χ4n) is 3.35. The summed E-state index contributed by atoms with van der Waals surface area (Å²) < 4.78 is 12.2. The molecular formula is C22H25N3O3. The quantitative estimate of drug-likeness (QED) is 0.616. The summed E-state index contributed by atoms with van der Waals surface area (Å²) in [6.45, 7) is 3.76. The molecule has 0 amide bonds. The molecule has 1 heterocycles. The van der Waals surface area contributed by atoms with Crippen LogP contribution in [0.25, 0.3) is 0 Å². The van der Waals surface area contributed by atoms with Gasteiger partial charge < -0.3 is 19.4 Å². The van der Waals surface area contributed by atoms with E-state index in [1.807, 2.05) is 73.1 Å². The van der Waals surface area contributed by atoms with Crippen molar-refractivity contribution in [3.05, 3.63) is 72.8 Å². The molecule has 1 aromatic heterocycles. The zero-order valence-electron chi connectivity index (χ0n) is 16.5. The molecule has 0 aliphatic heterocycles. The molecule has 0 saturated carbocycles. The van der Waals surface area contributed by atoms with Crippen LogP contribution in [0.15, 0.2) is 67.3 Å². The van der Waals surface area contributed by atoms with E-state index in [4.69, 9.17) is 9.47 Å². The zero-order chi connectivity index (χ0) is 20.1. The van der Waals surface area contributed by atoms with Gasteiger partial charge in [-0.3, -0.25) is 4.79 Å². The Morgan fingerprint density at radius 3 is 2.14 bits per heavy atom. The summed E-state index contributed by atoms with van der Waals surface area (Å²) in [6, 6.07) is 15.5. The predicted octanol–water partition coefficient (Wildman–Crippen LogP) is 4.42. The van der Waals surface area contributed by atoms with Gasteiger partial charge in [0.1, 0.15) is 5.75 Å². The lowest BCUT2D eigenvalue weighted by Crippen LogP contribution is -2.36. The normalized spacial score (nSPS) is 12.3. The number of hydrogen-bond donors (Lipinski definition) is 1. The fourth-order valence-corrected chi connectivity index (χ4v) is 3.35. The average molecular weight is 379 g/mol. The largest absolute Gasteiger partial charge is 0.497 e. The summed E-state index contributed by atoms with van der Waals surface area (Å²) in [4.78, 5) is 16.6. The Morgan fingerprint density at radius 2 is 1.64 bits per heavy atom. The molecule has 2 aromatic carbocycles. The maximum absolute atomic E-state index is 12.4. The minimum Gasteiger partial charge on any atom is -0.497 e. The third kappa shape index (κ3) is 4.01. The standard InChI is InChI=1S/C22H25N3O3/c1-22(2,21(26)28-4)20(25-14-13-23-15-25)16-5-7-17(8-6-16)24-18-9-11-19(27-3)12-10-18/h5-15,20,24H,1-4H3. The highest BCUT2D eigenvalue weighted by atomic mass is 16.5. The van der Waals surface area contributed by atoms with Gasteiger partial charge in [0.25, 0.3) is 0 Å². The van der Waals surface area contributed by atoms with Crippen molar-refractivity contribution in [2.24, 2.45) is 5.41 Å². The van der Waals surface area contributed by atoms with Gasteiger partial charge in [-0.1, -0.05) is 12.1 Å². The molecule has 0 fully saturated rings.